The van der Waals surface area contributed by atoms with Crippen LogP contribution in [0.5, 0.6) is 0 Å². The molecule has 0 aromatic heterocycles. The molecule has 0 heterocycles. The summed E-state index contributed by atoms with van der Waals surface area (Å²) in [6, 6.07) is 6.47. The number of aliphatic carboxylic acids is 1. The van der Waals surface area contributed by atoms with E-state index in [-0.39, 0.29) is 5.75 Å². The first-order valence-electron chi connectivity index (χ1n) is 4.94. The Kier molecular flexibility index (Phi) is 4.69. The second-order valence-electron chi connectivity index (χ2n) is 3.69. The Morgan fingerprint density at radius 3 is 2.40 bits per heavy atom. The van der Waals surface area contributed by atoms with Gasteiger partial charge in [-0.2, -0.15) is 0 Å². The third-order valence-electron chi connectivity index (χ3n) is 2.04. The van der Waals surface area contributed by atoms with Crippen LogP contribution in [0.4, 0.5) is 0 Å². The molecule has 0 spiro atoms. The molecular formula is C12H16O2S. The van der Waals surface area contributed by atoms with Crippen molar-refractivity contribution in [3.05, 3.63) is 34.9 Å². The Morgan fingerprint density at radius 2 is 1.87 bits per heavy atom. The summed E-state index contributed by atoms with van der Waals surface area (Å²) in [5.74, 6) is 0.334. The van der Waals surface area contributed by atoms with Crippen molar-refractivity contribution in [1.29, 1.82) is 0 Å². The summed E-state index contributed by atoms with van der Waals surface area (Å²) in [4.78, 5) is 10.3. The summed E-state index contributed by atoms with van der Waals surface area (Å²) in [7, 11) is 0. The van der Waals surface area contributed by atoms with E-state index in [0.717, 1.165) is 12.2 Å². The van der Waals surface area contributed by atoms with Crippen molar-refractivity contribution in [2.45, 2.75) is 20.3 Å². The molecule has 1 rings (SSSR count). The van der Waals surface area contributed by atoms with Gasteiger partial charge in [0.1, 0.15) is 0 Å². The minimum absolute atomic E-state index is 0.199. The molecule has 0 bridgehead atoms. The molecule has 15 heavy (non-hydrogen) atoms. The van der Waals surface area contributed by atoms with Gasteiger partial charge in [0.25, 0.3) is 0 Å². The first kappa shape index (κ1) is 12.1. The third kappa shape index (κ3) is 4.88. The minimum atomic E-state index is -0.736. The standard InChI is InChI=1S/C12H16O2S/c1-9-5-10(2)7-11(6-9)3-4-15-8-12(13)14/h5-7H,3-4,8H2,1-2H3,(H,13,14). The SMILES string of the molecule is Cc1cc(C)cc(CCSCC(=O)O)c1. The van der Waals surface area contributed by atoms with Crippen LogP contribution in [0.25, 0.3) is 0 Å². The van der Waals surface area contributed by atoms with Crippen LogP contribution in [-0.2, 0) is 11.2 Å². The van der Waals surface area contributed by atoms with Gasteiger partial charge < -0.3 is 5.11 Å². The fourth-order valence-corrected chi connectivity index (χ4v) is 2.26. The molecule has 1 aromatic rings. The number of rotatable bonds is 5. The molecular weight excluding hydrogens is 208 g/mol. The Balaban J connectivity index is 2.40. The number of aryl methyl sites for hydroxylation is 3. The third-order valence-corrected chi connectivity index (χ3v) is 2.99. The van der Waals surface area contributed by atoms with Crippen LogP contribution in [-0.4, -0.2) is 22.6 Å². The maximum Gasteiger partial charge on any atom is 0.313 e. The summed E-state index contributed by atoms with van der Waals surface area (Å²) in [5.41, 5.74) is 3.84. The number of carbonyl (C=O) groups is 1. The lowest BCUT2D eigenvalue weighted by atomic mass is 10.1. The summed E-state index contributed by atoms with van der Waals surface area (Å²) < 4.78 is 0. The first-order valence-corrected chi connectivity index (χ1v) is 6.10. The van der Waals surface area contributed by atoms with Crippen molar-refractivity contribution in [1.82, 2.24) is 0 Å². The van der Waals surface area contributed by atoms with Gasteiger partial charge in [-0.15, -0.1) is 11.8 Å². The molecule has 0 fully saturated rings. The predicted octanol–water partition coefficient (Wildman–Crippen LogP) is 2.66. The monoisotopic (exact) mass is 224 g/mol. The Morgan fingerprint density at radius 1 is 1.27 bits per heavy atom. The van der Waals surface area contributed by atoms with E-state index in [1.807, 2.05) is 0 Å². The van der Waals surface area contributed by atoms with Crippen LogP contribution in [0.2, 0.25) is 0 Å². The van der Waals surface area contributed by atoms with Crippen molar-refractivity contribution >= 4 is 17.7 Å². The van der Waals surface area contributed by atoms with E-state index in [2.05, 4.69) is 32.0 Å². The summed E-state index contributed by atoms with van der Waals surface area (Å²) in [6.45, 7) is 4.17. The fraction of sp³-hybridized carbons (Fsp3) is 0.417. The molecule has 0 saturated heterocycles. The normalized spacial score (nSPS) is 10.3. The van der Waals surface area contributed by atoms with Gasteiger partial charge in [-0.3, -0.25) is 4.79 Å². The van der Waals surface area contributed by atoms with Gasteiger partial charge in [0.05, 0.1) is 5.75 Å². The van der Waals surface area contributed by atoms with Crippen molar-refractivity contribution in [3.63, 3.8) is 0 Å². The fourth-order valence-electron chi connectivity index (χ4n) is 1.56. The van der Waals surface area contributed by atoms with E-state index in [1.54, 1.807) is 0 Å². The van der Waals surface area contributed by atoms with E-state index >= 15 is 0 Å². The zero-order valence-corrected chi connectivity index (χ0v) is 9.93. The van der Waals surface area contributed by atoms with Crippen molar-refractivity contribution in [2.24, 2.45) is 0 Å². The van der Waals surface area contributed by atoms with Gasteiger partial charge in [-0.25, -0.2) is 0 Å². The average molecular weight is 224 g/mol. The van der Waals surface area contributed by atoms with Gasteiger partial charge in [-0.05, 0) is 31.6 Å². The van der Waals surface area contributed by atoms with Gasteiger partial charge >= 0.3 is 5.97 Å². The number of carboxylic acid groups (broad SMARTS) is 1. The molecule has 0 aliphatic rings. The minimum Gasteiger partial charge on any atom is -0.481 e. The van der Waals surface area contributed by atoms with Gasteiger partial charge in [0, 0.05) is 0 Å². The van der Waals surface area contributed by atoms with Gasteiger partial charge in [0.15, 0.2) is 0 Å². The molecule has 82 valence electrons. The highest BCUT2D eigenvalue weighted by molar-refractivity contribution is 7.99. The quantitative estimate of drug-likeness (QED) is 0.781. The van der Waals surface area contributed by atoms with E-state index < -0.39 is 5.97 Å². The van der Waals surface area contributed by atoms with Gasteiger partial charge in [0.2, 0.25) is 0 Å². The van der Waals surface area contributed by atoms with Crippen LogP contribution in [0.1, 0.15) is 16.7 Å². The Labute approximate surface area is 94.7 Å². The van der Waals surface area contributed by atoms with Crippen LogP contribution in [0, 0.1) is 13.8 Å². The smallest absolute Gasteiger partial charge is 0.313 e. The zero-order chi connectivity index (χ0) is 11.3. The Bertz CT molecular complexity index is 327. The summed E-state index contributed by atoms with van der Waals surface area (Å²) in [6.07, 6.45) is 0.945. The lowest BCUT2D eigenvalue weighted by Gasteiger charge is -2.04. The summed E-state index contributed by atoms with van der Waals surface area (Å²) >= 11 is 1.47. The van der Waals surface area contributed by atoms with Crippen molar-refractivity contribution in [3.8, 4) is 0 Å². The van der Waals surface area contributed by atoms with Crippen LogP contribution >= 0.6 is 11.8 Å². The van der Waals surface area contributed by atoms with Crippen molar-refractivity contribution < 1.29 is 9.90 Å². The molecule has 0 amide bonds. The molecule has 2 nitrogen and oxygen atoms in total. The van der Waals surface area contributed by atoms with E-state index in [4.69, 9.17) is 5.11 Å². The number of hydrogen-bond donors (Lipinski definition) is 1. The highest BCUT2D eigenvalue weighted by Gasteiger charge is 1.99. The van der Waals surface area contributed by atoms with Crippen molar-refractivity contribution in [2.75, 3.05) is 11.5 Å². The van der Waals surface area contributed by atoms with Crippen LogP contribution in [0.15, 0.2) is 18.2 Å². The number of benzene rings is 1. The van der Waals surface area contributed by atoms with E-state index in [1.165, 1.54) is 28.5 Å². The molecule has 0 atom stereocenters. The molecule has 0 saturated carbocycles. The lowest BCUT2D eigenvalue weighted by Crippen LogP contribution is -2.00. The maximum absolute atomic E-state index is 10.3. The number of carboxylic acids is 1. The van der Waals surface area contributed by atoms with E-state index in [9.17, 15) is 4.79 Å². The molecule has 1 aromatic carbocycles. The van der Waals surface area contributed by atoms with Crippen LogP contribution in [0.3, 0.4) is 0 Å². The molecule has 0 unspecified atom stereocenters. The Hall–Kier alpha value is -0.960. The largest absolute Gasteiger partial charge is 0.481 e. The van der Waals surface area contributed by atoms with Gasteiger partial charge in [-0.1, -0.05) is 29.3 Å². The summed E-state index contributed by atoms with van der Waals surface area (Å²) in [5, 5.41) is 8.48. The predicted molar refractivity (Wildman–Crippen MR) is 64.6 cm³/mol. The molecule has 0 aliphatic heterocycles. The molecule has 0 radical (unpaired) electrons. The first-order chi connectivity index (χ1) is 7.08. The second-order valence-corrected chi connectivity index (χ2v) is 4.80. The topological polar surface area (TPSA) is 37.3 Å². The molecule has 3 heteroatoms. The number of hydrogen-bond acceptors (Lipinski definition) is 2. The van der Waals surface area contributed by atoms with E-state index in [0.29, 0.717) is 0 Å². The highest BCUT2D eigenvalue weighted by atomic mass is 32.2. The zero-order valence-electron chi connectivity index (χ0n) is 9.12. The highest BCUT2D eigenvalue weighted by Crippen LogP contribution is 2.12. The average Bonchev–Trinajstić information content (AvgIpc) is 2.10. The van der Waals surface area contributed by atoms with Crippen LogP contribution < -0.4 is 0 Å². The maximum atomic E-state index is 10.3. The molecule has 1 N–H and O–H groups in total. The molecule has 0 aliphatic carbocycles. The number of thioether (sulfide) groups is 1. The lowest BCUT2D eigenvalue weighted by molar-refractivity contribution is -0.133. The second kappa shape index (κ2) is 5.81.